The lowest BCUT2D eigenvalue weighted by Crippen LogP contribution is -2.32. The zero-order valence-electron chi connectivity index (χ0n) is 21.6. The smallest absolute Gasteiger partial charge is 0.295 e. The minimum absolute atomic E-state index is 0.00132. The summed E-state index contributed by atoms with van der Waals surface area (Å²) in [6.07, 6.45) is 0.647. The molecule has 3 aromatic carbocycles. The Hall–Kier alpha value is -3.32. The van der Waals surface area contributed by atoms with Gasteiger partial charge in [0.15, 0.2) is 0 Å². The highest BCUT2D eigenvalue weighted by atomic mass is 35.5. The van der Waals surface area contributed by atoms with Crippen molar-refractivity contribution in [3.8, 4) is 5.75 Å². The van der Waals surface area contributed by atoms with Crippen molar-refractivity contribution in [3.05, 3.63) is 105 Å². The van der Waals surface area contributed by atoms with Gasteiger partial charge in [-0.1, -0.05) is 59.6 Å². The fraction of sp³-hybridized carbons (Fsp3) is 0.267. The van der Waals surface area contributed by atoms with E-state index in [0.717, 1.165) is 17.7 Å². The van der Waals surface area contributed by atoms with E-state index in [1.807, 2.05) is 56.3 Å². The molecule has 1 heterocycles. The molecule has 1 atom stereocenters. The van der Waals surface area contributed by atoms with E-state index in [0.29, 0.717) is 46.5 Å². The van der Waals surface area contributed by atoms with Crippen molar-refractivity contribution in [2.45, 2.75) is 26.0 Å². The Morgan fingerprint density at radius 2 is 1.76 bits per heavy atom. The van der Waals surface area contributed by atoms with Crippen LogP contribution in [0.15, 0.2) is 72.3 Å². The Morgan fingerprint density at radius 1 is 1.03 bits per heavy atom. The van der Waals surface area contributed by atoms with Gasteiger partial charge in [0.1, 0.15) is 18.1 Å². The zero-order valence-corrected chi connectivity index (χ0v) is 23.1. The van der Waals surface area contributed by atoms with Crippen molar-refractivity contribution in [1.29, 1.82) is 0 Å². The number of carbonyl (C=O) groups is 2. The van der Waals surface area contributed by atoms with Gasteiger partial charge in [-0.05, 0) is 81.0 Å². The first kappa shape index (κ1) is 27.7. The van der Waals surface area contributed by atoms with E-state index in [4.69, 9.17) is 27.9 Å². The number of Topliss-reactive ketones (excluding diaryl/α,β-unsaturated/α-hetero) is 1. The predicted octanol–water partition coefficient (Wildman–Crippen LogP) is 6.25. The topological polar surface area (TPSA) is 70.1 Å². The second kappa shape index (κ2) is 12.0. The monoisotopic (exact) mass is 552 g/mol. The lowest BCUT2D eigenvalue weighted by molar-refractivity contribution is -0.139. The number of nitrogens with zero attached hydrogens (tertiary/aromatic N) is 2. The van der Waals surface area contributed by atoms with Gasteiger partial charge in [-0.2, -0.15) is 0 Å². The maximum atomic E-state index is 13.3. The van der Waals surface area contributed by atoms with Gasteiger partial charge in [0.05, 0.1) is 11.6 Å². The summed E-state index contributed by atoms with van der Waals surface area (Å²) in [7, 11) is 3.88. The van der Waals surface area contributed by atoms with E-state index in [9.17, 15) is 14.7 Å². The van der Waals surface area contributed by atoms with Gasteiger partial charge in [-0.15, -0.1) is 0 Å². The number of rotatable bonds is 9. The van der Waals surface area contributed by atoms with Crippen LogP contribution in [-0.2, 0) is 16.2 Å². The van der Waals surface area contributed by atoms with Crippen LogP contribution in [0.4, 0.5) is 0 Å². The number of aliphatic hydroxyl groups is 1. The van der Waals surface area contributed by atoms with Crippen molar-refractivity contribution in [3.63, 3.8) is 0 Å². The summed E-state index contributed by atoms with van der Waals surface area (Å²) in [6.45, 7) is 3.33. The minimum Gasteiger partial charge on any atom is -0.507 e. The van der Waals surface area contributed by atoms with Crippen molar-refractivity contribution in [2.24, 2.45) is 0 Å². The lowest BCUT2D eigenvalue weighted by atomic mass is 9.94. The molecule has 0 aliphatic carbocycles. The van der Waals surface area contributed by atoms with Crippen LogP contribution in [0.1, 0.15) is 34.7 Å². The third-order valence-electron chi connectivity index (χ3n) is 6.49. The van der Waals surface area contributed by atoms with Crippen LogP contribution in [0.5, 0.6) is 5.75 Å². The fourth-order valence-electron chi connectivity index (χ4n) is 4.56. The maximum Gasteiger partial charge on any atom is 0.295 e. The highest BCUT2D eigenvalue weighted by Crippen LogP contribution is 2.42. The number of benzene rings is 3. The Balaban J connectivity index is 1.71. The number of ketones is 1. The highest BCUT2D eigenvalue weighted by molar-refractivity contribution is 6.47. The first-order chi connectivity index (χ1) is 18.2. The molecule has 0 bridgehead atoms. The first-order valence-corrected chi connectivity index (χ1v) is 13.1. The Morgan fingerprint density at radius 3 is 2.42 bits per heavy atom. The van der Waals surface area contributed by atoms with Crippen LogP contribution in [-0.4, -0.2) is 53.8 Å². The molecule has 4 rings (SSSR count). The normalized spacial score (nSPS) is 16.9. The number of halogens is 2. The average molecular weight is 553 g/mol. The molecule has 1 saturated heterocycles. The summed E-state index contributed by atoms with van der Waals surface area (Å²) in [4.78, 5) is 29.9. The molecule has 0 spiro atoms. The number of carbonyl (C=O) groups excluding carboxylic acids is 2. The number of ether oxygens (including phenoxy) is 1. The molecule has 198 valence electrons. The largest absolute Gasteiger partial charge is 0.507 e. The van der Waals surface area contributed by atoms with E-state index in [1.165, 1.54) is 4.90 Å². The lowest BCUT2D eigenvalue weighted by Gasteiger charge is -2.26. The first-order valence-electron chi connectivity index (χ1n) is 12.3. The summed E-state index contributed by atoms with van der Waals surface area (Å²) < 4.78 is 5.96. The molecule has 1 N–H and O–H groups in total. The van der Waals surface area contributed by atoms with Crippen LogP contribution in [0.25, 0.3) is 5.76 Å². The zero-order chi connectivity index (χ0) is 27.4. The summed E-state index contributed by atoms with van der Waals surface area (Å²) in [5.41, 5.74) is 2.76. The quantitative estimate of drug-likeness (QED) is 0.193. The molecule has 0 radical (unpaired) electrons. The van der Waals surface area contributed by atoms with Crippen molar-refractivity contribution < 1.29 is 19.4 Å². The molecule has 8 heteroatoms. The Bertz CT molecular complexity index is 1370. The summed E-state index contributed by atoms with van der Waals surface area (Å²) in [5.74, 6) is -1.01. The minimum atomic E-state index is -0.837. The van der Waals surface area contributed by atoms with Crippen LogP contribution >= 0.6 is 23.2 Å². The van der Waals surface area contributed by atoms with Gasteiger partial charge in [0.2, 0.25) is 0 Å². The molecule has 1 amide bonds. The molecule has 1 fully saturated rings. The SMILES string of the molecule is Cc1cc(C(O)=C2C(=O)C(=O)N(CCCN(C)C)[C@H]2c2ccc(Cl)cc2Cl)ccc1OCc1ccccc1. The van der Waals surface area contributed by atoms with Gasteiger partial charge >= 0.3 is 0 Å². The number of hydrogen-bond acceptors (Lipinski definition) is 5. The van der Waals surface area contributed by atoms with E-state index in [1.54, 1.807) is 36.4 Å². The summed E-state index contributed by atoms with van der Waals surface area (Å²) in [5, 5.41) is 12.2. The highest BCUT2D eigenvalue weighted by Gasteiger charge is 2.46. The Labute approximate surface area is 233 Å². The van der Waals surface area contributed by atoms with Crippen molar-refractivity contribution >= 4 is 40.7 Å². The van der Waals surface area contributed by atoms with Crippen LogP contribution in [0.2, 0.25) is 10.0 Å². The van der Waals surface area contributed by atoms with Crippen LogP contribution < -0.4 is 4.74 Å². The predicted molar refractivity (Wildman–Crippen MR) is 151 cm³/mol. The Kier molecular flexibility index (Phi) is 8.77. The van der Waals surface area contributed by atoms with Gasteiger partial charge in [-0.3, -0.25) is 9.59 Å². The second-order valence-electron chi connectivity index (χ2n) is 9.57. The fourth-order valence-corrected chi connectivity index (χ4v) is 5.08. The van der Waals surface area contributed by atoms with Crippen LogP contribution in [0.3, 0.4) is 0 Å². The number of aryl methyl sites for hydroxylation is 1. The standard InChI is InChI=1S/C30H30Cl2N2O4/c1-19-16-21(10-13-25(19)38-18-20-8-5-4-6-9-20)28(35)26-27(23-12-11-22(31)17-24(23)32)34(30(37)29(26)36)15-7-14-33(2)3/h4-6,8-13,16-17,27,35H,7,14-15,18H2,1-3H3/t27-/m0/s1. The van der Waals surface area contributed by atoms with Gasteiger partial charge in [0.25, 0.3) is 11.7 Å². The van der Waals surface area contributed by atoms with Gasteiger partial charge < -0.3 is 19.6 Å². The van der Waals surface area contributed by atoms with E-state index in [-0.39, 0.29) is 11.3 Å². The number of aliphatic hydroxyl groups excluding tert-OH is 1. The third-order valence-corrected chi connectivity index (χ3v) is 7.05. The molecule has 6 nitrogen and oxygen atoms in total. The molecule has 1 aliphatic heterocycles. The number of hydrogen-bond donors (Lipinski definition) is 1. The molecular formula is C30H30Cl2N2O4. The maximum absolute atomic E-state index is 13.3. The average Bonchev–Trinajstić information content (AvgIpc) is 3.13. The number of likely N-dealkylation sites (tertiary alicyclic amines) is 1. The van der Waals surface area contributed by atoms with Gasteiger partial charge in [0, 0.05) is 22.2 Å². The van der Waals surface area contributed by atoms with E-state index < -0.39 is 17.7 Å². The molecule has 0 saturated carbocycles. The third kappa shape index (κ3) is 6.04. The molecular weight excluding hydrogens is 523 g/mol. The molecule has 3 aromatic rings. The summed E-state index contributed by atoms with van der Waals surface area (Å²) in [6, 6.07) is 19.1. The second-order valence-corrected chi connectivity index (χ2v) is 10.4. The number of amides is 1. The van der Waals surface area contributed by atoms with Crippen LogP contribution in [0, 0.1) is 6.92 Å². The molecule has 38 heavy (non-hydrogen) atoms. The van der Waals surface area contributed by atoms with Crippen molar-refractivity contribution in [2.75, 3.05) is 27.2 Å². The van der Waals surface area contributed by atoms with Crippen molar-refractivity contribution in [1.82, 2.24) is 9.80 Å². The van der Waals surface area contributed by atoms with E-state index >= 15 is 0 Å². The summed E-state index contributed by atoms with van der Waals surface area (Å²) >= 11 is 12.7. The molecule has 0 unspecified atom stereocenters. The molecule has 0 aromatic heterocycles. The van der Waals surface area contributed by atoms with E-state index in [2.05, 4.69) is 0 Å². The molecule has 1 aliphatic rings. The van der Waals surface area contributed by atoms with Gasteiger partial charge in [-0.25, -0.2) is 0 Å².